The number of ether oxygens (including phenoxy) is 2. The fourth-order valence-corrected chi connectivity index (χ4v) is 5.09. The highest BCUT2D eigenvalue weighted by atomic mass is 79.9. The first kappa shape index (κ1) is 43.3. The number of aryl methyl sites for hydroxylation is 2. The Balaban J connectivity index is 0.000000276. The van der Waals surface area contributed by atoms with Gasteiger partial charge in [0.1, 0.15) is 21.9 Å². The standard InChI is InChI=1S/C20H24N4O2.C19H23N3O4.CBrN/c1-5-13-9-10-17-16(11-13)23-18(21)24(17)15-8-6-7-14(12-15)22-19(25)26-20(2,3)4;1-5-13-9-10-16(17(11-13)22(24)25)20-14-7-6-8-15(12-14)21-18(23)26-19(2,3)4;2-1-3/h6-12H,5H2,1-4H3,(H2,21,23)(H,22,25);6-12,20H,5H2,1-4H3,(H,21,23);. The molecule has 290 valence electrons. The molecule has 5 aromatic rings. The molecule has 0 atom stereocenters. The second-order valence-corrected chi connectivity index (χ2v) is 14.4. The van der Waals surface area contributed by atoms with Gasteiger partial charge in [-0.05, 0) is 120 Å². The number of nitrogens with two attached hydrogens (primary N) is 1. The van der Waals surface area contributed by atoms with Gasteiger partial charge in [0.05, 0.1) is 21.6 Å². The third-order valence-electron chi connectivity index (χ3n) is 7.36. The Morgan fingerprint density at radius 2 is 1.35 bits per heavy atom. The number of halogens is 1. The van der Waals surface area contributed by atoms with Crippen molar-refractivity contribution < 1.29 is 24.0 Å². The quantitative estimate of drug-likeness (QED) is 0.0863. The maximum Gasteiger partial charge on any atom is 0.412 e. The third kappa shape index (κ3) is 13.7. The predicted molar refractivity (Wildman–Crippen MR) is 221 cm³/mol. The highest BCUT2D eigenvalue weighted by molar-refractivity contribution is 9.12. The Morgan fingerprint density at radius 1 is 0.836 bits per heavy atom. The lowest BCUT2D eigenvalue weighted by atomic mass is 10.1. The van der Waals surface area contributed by atoms with Crippen molar-refractivity contribution in [3.05, 3.63) is 106 Å². The molecule has 0 bridgehead atoms. The molecule has 0 aliphatic carbocycles. The molecule has 0 aliphatic heterocycles. The van der Waals surface area contributed by atoms with Gasteiger partial charge in [-0.2, -0.15) is 5.26 Å². The molecule has 0 spiro atoms. The van der Waals surface area contributed by atoms with Crippen LogP contribution in [0.1, 0.15) is 66.5 Å². The van der Waals surface area contributed by atoms with Crippen molar-refractivity contribution in [2.24, 2.45) is 0 Å². The van der Waals surface area contributed by atoms with E-state index in [-0.39, 0.29) is 5.69 Å². The summed E-state index contributed by atoms with van der Waals surface area (Å²) < 4.78 is 12.4. The van der Waals surface area contributed by atoms with Gasteiger partial charge in [-0.3, -0.25) is 25.3 Å². The number of aromatic nitrogens is 2. The van der Waals surface area contributed by atoms with Gasteiger partial charge < -0.3 is 20.5 Å². The zero-order valence-electron chi connectivity index (χ0n) is 32.2. The minimum absolute atomic E-state index is 0.00912. The number of nitro benzene ring substituents is 1. The van der Waals surface area contributed by atoms with Gasteiger partial charge in [-0.1, -0.05) is 38.1 Å². The lowest BCUT2D eigenvalue weighted by Crippen LogP contribution is -2.27. The summed E-state index contributed by atoms with van der Waals surface area (Å²) in [6, 6.07) is 25.5. The maximum absolute atomic E-state index is 12.0. The summed E-state index contributed by atoms with van der Waals surface area (Å²) >= 11 is 2.45. The van der Waals surface area contributed by atoms with Crippen LogP contribution in [0.3, 0.4) is 0 Å². The number of carbonyl (C=O) groups is 2. The van der Waals surface area contributed by atoms with Crippen LogP contribution >= 0.6 is 15.9 Å². The van der Waals surface area contributed by atoms with E-state index in [1.54, 1.807) is 68.2 Å². The Hall–Kier alpha value is -6.14. The summed E-state index contributed by atoms with van der Waals surface area (Å²) in [4.78, 5) is 40.8. The van der Waals surface area contributed by atoms with E-state index >= 15 is 0 Å². The lowest BCUT2D eigenvalue weighted by molar-refractivity contribution is -0.384. The van der Waals surface area contributed by atoms with Crippen molar-refractivity contribution in [1.82, 2.24) is 9.55 Å². The molecule has 55 heavy (non-hydrogen) atoms. The number of hydrogen-bond acceptors (Lipinski definition) is 10. The first-order valence-electron chi connectivity index (χ1n) is 17.4. The molecule has 1 aromatic heterocycles. The molecule has 0 fully saturated rings. The second-order valence-electron chi connectivity index (χ2n) is 14.0. The Morgan fingerprint density at radius 3 is 1.89 bits per heavy atom. The molecule has 4 aromatic carbocycles. The van der Waals surface area contributed by atoms with Crippen LogP contribution < -0.4 is 21.7 Å². The van der Waals surface area contributed by atoms with Crippen LogP contribution in [0.5, 0.6) is 0 Å². The van der Waals surface area contributed by atoms with Crippen LogP contribution in [0, 0.1) is 20.4 Å². The van der Waals surface area contributed by atoms with Gasteiger partial charge in [0.2, 0.25) is 5.95 Å². The van der Waals surface area contributed by atoms with E-state index in [1.165, 1.54) is 5.56 Å². The highest BCUT2D eigenvalue weighted by Crippen LogP contribution is 2.30. The van der Waals surface area contributed by atoms with Gasteiger partial charge in [0, 0.05) is 39.1 Å². The van der Waals surface area contributed by atoms with E-state index in [0.717, 1.165) is 35.1 Å². The molecule has 1 heterocycles. The SMILES string of the molecule is CCc1ccc(Nc2cccc(NC(=O)OC(C)(C)C)c2)c([N+](=O)[O-])c1.CCc1ccc2c(c1)nc(N)n2-c1cccc(NC(=O)OC(C)(C)C)c1.N#CBr. The van der Waals surface area contributed by atoms with Crippen LogP contribution in [0.2, 0.25) is 0 Å². The summed E-state index contributed by atoms with van der Waals surface area (Å²) in [6.07, 6.45) is 0.604. The normalized spacial score (nSPS) is 10.8. The average Bonchev–Trinajstić information content (AvgIpc) is 3.42. The molecule has 2 amide bonds. The fraction of sp³-hybridized carbons (Fsp3) is 0.300. The molecule has 15 heteroatoms. The third-order valence-corrected chi connectivity index (χ3v) is 7.36. The lowest BCUT2D eigenvalue weighted by Gasteiger charge is -2.20. The van der Waals surface area contributed by atoms with E-state index in [0.29, 0.717) is 28.7 Å². The van der Waals surface area contributed by atoms with Gasteiger partial charge in [0.25, 0.3) is 5.69 Å². The first-order chi connectivity index (χ1) is 25.9. The van der Waals surface area contributed by atoms with Gasteiger partial charge >= 0.3 is 12.2 Å². The maximum atomic E-state index is 12.0. The number of benzene rings is 4. The molecular formula is C40H47BrN8O6. The molecular weight excluding hydrogens is 768 g/mol. The summed E-state index contributed by atoms with van der Waals surface area (Å²) in [7, 11) is 0. The van der Waals surface area contributed by atoms with E-state index in [9.17, 15) is 19.7 Å². The summed E-state index contributed by atoms with van der Waals surface area (Å²) in [6.45, 7) is 14.9. The van der Waals surface area contributed by atoms with Crippen LogP contribution in [0.25, 0.3) is 16.7 Å². The van der Waals surface area contributed by atoms with Crippen LogP contribution in [-0.2, 0) is 22.3 Å². The number of carbonyl (C=O) groups excluding carboxylic acids is 2. The number of nitrogens with one attached hydrogen (secondary N) is 3. The molecule has 14 nitrogen and oxygen atoms in total. The van der Waals surface area contributed by atoms with Crippen molar-refractivity contribution in [3.63, 3.8) is 0 Å². The number of nitrogen functional groups attached to an aromatic ring is 1. The molecule has 0 saturated heterocycles. The second kappa shape index (κ2) is 19.3. The number of nitrogens with zero attached hydrogens (tertiary/aromatic N) is 4. The molecule has 0 unspecified atom stereocenters. The average molecular weight is 816 g/mol. The minimum Gasteiger partial charge on any atom is -0.444 e. The largest absolute Gasteiger partial charge is 0.444 e. The van der Waals surface area contributed by atoms with Crippen molar-refractivity contribution in [3.8, 4) is 10.7 Å². The minimum atomic E-state index is -0.596. The number of fused-ring (bicyclic) bond motifs is 1. The van der Waals surface area contributed by atoms with Gasteiger partial charge in [-0.15, -0.1) is 0 Å². The van der Waals surface area contributed by atoms with E-state index < -0.39 is 28.3 Å². The monoisotopic (exact) mass is 814 g/mol. The number of imidazole rings is 1. The highest BCUT2D eigenvalue weighted by Gasteiger charge is 2.19. The molecule has 5 rings (SSSR count). The summed E-state index contributed by atoms with van der Waals surface area (Å²) in [5.41, 5.74) is 11.9. The smallest absolute Gasteiger partial charge is 0.412 e. The van der Waals surface area contributed by atoms with E-state index in [4.69, 9.17) is 20.5 Å². The van der Waals surface area contributed by atoms with E-state index in [1.807, 2.05) is 68.7 Å². The summed E-state index contributed by atoms with van der Waals surface area (Å²) in [5, 5.41) is 27.0. The van der Waals surface area contributed by atoms with Crippen molar-refractivity contribution in [2.75, 3.05) is 21.7 Å². The number of amides is 2. The molecule has 5 N–H and O–H groups in total. The number of rotatable bonds is 8. The predicted octanol–water partition coefficient (Wildman–Crippen LogP) is 10.6. The Bertz CT molecular complexity index is 2170. The number of hydrogen-bond donors (Lipinski definition) is 4. The number of nitriles is 1. The molecule has 0 saturated carbocycles. The first-order valence-corrected chi connectivity index (χ1v) is 18.2. The number of nitro groups is 1. The number of anilines is 5. The summed E-state index contributed by atoms with van der Waals surface area (Å²) in [5.74, 6) is 0.405. The zero-order valence-corrected chi connectivity index (χ0v) is 33.8. The topological polar surface area (TPSA) is 199 Å². The van der Waals surface area contributed by atoms with Crippen molar-refractivity contribution in [2.45, 2.75) is 79.4 Å². The molecule has 0 aliphatic rings. The molecule has 0 radical (unpaired) electrons. The van der Waals surface area contributed by atoms with Crippen LogP contribution in [0.4, 0.5) is 44.0 Å². The van der Waals surface area contributed by atoms with Gasteiger partial charge in [0.15, 0.2) is 0 Å². The van der Waals surface area contributed by atoms with Crippen molar-refractivity contribution >= 4 is 73.5 Å². The fourth-order valence-electron chi connectivity index (χ4n) is 5.09. The van der Waals surface area contributed by atoms with Crippen LogP contribution in [0.15, 0.2) is 84.9 Å². The van der Waals surface area contributed by atoms with Crippen molar-refractivity contribution in [1.29, 1.82) is 5.26 Å². The zero-order chi connectivity index (χ0) is 40.9. The van der Waals surface area contributed by atoms with E-state index in [2.05, 4.69) is 49.9 Å². The Kier molecular flexibility index (Phi) is 15.2. The Labute approximate surface area is 329 Å². The van der Waals surface area contributed by atoms with Crippen LogP contribution in [-0.4, -0.2) is 37.9 Å². The van der Waals surface area contributed by atoms with Gasteiger partial charge in [-0.25, -0.2) is 14.6 Å².